The standard InChI is InChI=1S/C24H18BrN3O3S/c25-19-13-16(11-12-20(19)31-15-22(26)29)14-21-23(30)28(18-9-5-2-6-10-18)24(32-21)27-17-7-3-1-4-8-17/h1-14H,15H2,(H2,26,29)/b21-14-,27-24?. The highest BCUT2D eigenvalue weighted by Gasteiger charge is 2.34. The first-order valence-electron chi connectivity index (χ1n) is 9.65. The van der Waals surface area contributed by atoms with Crippen LogP contribution >= 0.6 is 27.7 Å². The number of amidine groups is 1. The molecule has 0 aliphatic carbocycles. The summed E-state index contributed by atoms with van der Waals surface area (Å²) in [5.41, 5.74) is 7.44. The minimum Gasteiger partial charge on any atom is -0.483 e. The number of hydrogen-bond acceptors (Lipinski definition) is 5. The van der Waals surface area contributed by atoms with E-state index in [4.69, 9.17) is 15.5 Å². The van der Waals surface area contributed by atoms with Gasteiger partial charge in [0.25, 0.3) is 11.8 Å². The summed E-state index contributed by atoms with van der Waals surface area (Å²) < 4.78 is 6.02. The first-order chi connectivity index (χ1) is 15.5. The third-order valence-electron chi connectivity index (χ3n) is 4.43. The monoisotopic (exact) mass is 507 g/mol. The van der Waals surface area contributed by atoms with Crippen molar-refractivity contribution in [1.29, 1.82) is 0 Å². The number of nitrogens with two attached hydrogens (primary N) is 1. The van der Waals surface area contributed by atoms with Crippen molar-refractivity contribution in [2.45, 2.75) is 0 Å². The van der Waals surface area contributed by atoms with E-state index in [1.165, 1.54) is 11.8 Å². The molecule has 2 N–H and O–H groups in total. The molecule has 6 nitrogen and oxygen atoms in total. The molecule has 0 atom stereocenters. The van der Waals surface area contributed by atoms with E-state index in [0.29, 0.717) is 20.3 Å². The molecule has 4 rings (SSSR count). The molecule has 160 valence electrons. The lowest BCUT2D eigenvalue weighted by atomic mass is 10.2. The first-order valence-corrected chi connectivity index (χ1v) is 11.3. The molecule has 8 heteroatoms. The van der Waals surface area contributed by atoms with Crippen LogP contribution in [0.4, 0.5) is 11.4 Å². The zero-order chi connectivity index (χ0) is 22.5. The van der Waals surface area contributed by atoms with Crippen LogP contribution in [0.5, 0.6) is 5.75 Å². The van der Waals surface area contributed by atoms with Crippen molar-refractivity contribution in [1.82, 2.24) is 0 Å². The smallest absolute Gasteiger partial charge is 0.271 e. The topological polar surface area (TPSA) is 85.0 Å². The van der Waals surface area contributed by atoms with E-state index in [0.717, 1.165) is 16.9 Å². The number of ether oxygens (including phenoxy) is 1. The largest absolute Gasteiger partial charge is 0.483 e. The summed E-state index contributed by atoms with van der Waals surface area (Å²) >= 11 is 4.75. The Balaban J connectivity index is 1.67. The lowest BCUT2D eigenvalue weighted by Crippen LogP contribution is -2.28. The molecule has 1 aliphatic rings. The molecule has 1 heterocycles. The molecule has 0 spiro atoms. The van der Waals surface area contributed by atoms with Gasteiger partial charge in [-0.1, -0.05) is 42.5 Å². The van der Waals surface area contributed by atoms with E-state index in [1.807, 2.05) is 66.7 Å². The van der Waals surface area contributed by atoms with E-state index in [9.17, 15) is 9.59 Å². The Labute approximate surface area is 197 Å². The average molecular weight is 508 g/mol. The van der Waals surface area contributed by atoms with Crippen molar-refractivity contribution in [3.8, 4) is 5.75 Å². The van der Waals surface area contributed by atoms with E-state index in [-0.39, 0.29) is 12.5 Å². The van der Waals surface area contributed by atoms with E-state index in [2.05, 4.69) is 15.9 Å². The number of para-hydroxylation sites is 2. The third kappa shape index (κ3) is 5.09. The summed E-state index contributed by atoms with van der Waals surface area (Å²) in [4.78, 5) is 31.1. The average Bonchev–Trinajstić information content (AvgIpc) is 3.08. The Morgan fingerprint density at radius 3 is 2.41 bits per heavy atom. The van der Waals surface area contributed by atoms with E-state index < -0.39 is 5.91 Å². The zero-order valence-corrected chi connectivity index (χ0v) is 19.2. The Hall–Kier alpha value is -3.36. The van der Waals surface area contributed by atoms with Crippen molar-refractivity contribution in [2.75, 3.05) is 11.5 Å². The molecule has 0 bridgehead atoms. The molecule has 3 aromatic carbocycles. The van der Waals surface area contributed by atoms with Gasteiger partial charge in [-0.15, -0.1) is 0 Å². The normalized spacial score (nSPS) is 16.0. The number of carbonyl (C=O) groups is 2. The summed E-state index contributed by atoms with van der Waals surface area (Å²) in [5, 5.41) is 0.583. The second kappa shape index (κ2) is 9.84. The van der Waals surface area contributed by atoms with Gasteiger partial charge in [-0.2, -0.15) is 0 Å². The quantitative estimate of drug-likeness (QED) is 0.469. The maximum absolute atomic E-state index is 13.3. The van der Waals surface area contributed by atoms with Gasteiger partial charge in [-0.25, -0.2) is 4.99 Å². The van der Waals surface area contributed by atoms with Gasteiger partial charge in [0.2, 0.25) is 0 Å². The van der Waals surface area contributed by atoms with Gasteiger partial charge in [0.1, 0.15) is 5.75 Å². The van der Waals surface area contributed by atoms with Crippen LogP contribution in [0.3, 0.4) is 0 Å². The first kappa shape index (κ1) is 21.9. The number of primary amides is 1. The van der Waals surface area contributed by atoms with Crippen molar-refractivity contribution < 1.29 is 14.3 Å². The molecular weight excluding hydrogens is 490 g/mol. The number of aliphatic imine (C=N–C) groups is 1. The van der Waals surface area contributed by atoms with E-state index in [1.54, 1.807) is 23.1 Å². The van der Waals surface area contributed by atoms with Crippen LogP contribution < -0.4 is 15.4 Å². The number of rotatable bonds is 6. The van der Waals surface area contributed by atoms with Crippen LogP contribution in [-0.2, 0) is 9.59 Å². The zero-order valence-electron chi connectivity index (χ0n) is 16.8. The van der Waals surface area contributed by atoms with Crippen LogP contribution in [0.2, 0.25) is 0 Å². The van der Waals surface area contributed by atoms with Gasteiger partial charge in [0.05, 0.1) is 20.8 Å². The Kier molecular flexibility index (Phi) is 6.72. The SMILES string of the molecule is NC(=O)COc1ccc(/C=C2\SC(=Nc3ccccc3)N(c3ccccc3)C2=O)cc1Br. The van der Waals surface area contributed by atoms with Gasteiger partial charge in [0, 0.05) is 0 Å². The number of amides is 2. The number of halogens is 1. The Morgan fingerprint density at radius 1 is 1.06 bits per heavy atom. The van der Waals surface area contributed by atoms with Gasteiger partial charge < -0.3 is 10.5 Å². The fourth-order valence-electron chi connectivity index (χ4n) is 2.99. The summed E-state index contributed by atoms with van der Waals surface area (Å²) in [6.07, 6.45) is 1.80. The van der Waals surface area contributed by atoms with Gasteiger partial charge in [-0.05, 0) is 75.7 Å². The van der Waals surface area contributed by atoms with Crippen molar-refractivity contribution in [3.63, 3.8) is 0 Å². The highest BCUT2D eigenvalue weighted by atomic mass is 79.9. The fourth-order valence-corrected chi connectivity index (χ4v) is 4.50. The van der Waals surface area contributed by atoms with Gasteiger partial charge in [0.15, 0.2) is 11.8 Å². The molecule has 0 radical (unpaired) electrons. The maximum atomic E-state index is 13.3. The number of benzene rings is 3. The predicted octanol–water partition coefficient (Wildman–Crippen LogP) is 5.12. The molecule has 32 heavy (non-hydrogen) atoms. The number of thioether (sulfide) groups is 1. The van der Waals surface area contributed by atoms with Crippen molar-refractivity contribution in [3.05, 3.63) is 93.8 Å². The molecule has 0 aromatic heterocycles. The number of hydrogen-bond donors (Lipinski definition) is 1. The number of nitrogens with zero attached hydrogens (tertiary/aromatic N) is 2. The lowest BCUT2D eigenvalue weighted by Gasteiger charge is -2.15. The highest BCUT2D eigenvalue weighted by Crippen LogP contribution is 2.38. The molecule has 3 aromatic rings. The number of carbonyl (C=O) groups excluding carboxylic acids is 2. The van der Waals surface area contributed by atoms with E-state index >= 15 is 0 Å². The second-order valence-electron chi connectivity index (χ2n) is 6.76. The summed E-state index contributed by atoms with van der Waals surface area (Å²) in [6.45, 7) is -0.210. The molecule has 1 aliphatic heterocycles. The fraction of sp³-hybridized carbons (Fsp3) is 0.0417. The van der Waals surface area contributed by atoms with Crippen LogP contribution in [-0.4, -0.2) is 23.6 Å². The number of anilines is 1. The molecule has 1 fully saturated rings. The van der Waals surface area contributed by atoms with Crippen LogP contribution in [0.1, 0.15) is 5.56 Å². The molecule has 2 amide bonds. The minimum atomic E-state index is -0.553. The van der Waals surface area contributed by atoms with Crippen LogP contribution in [0.15, 0.2) is 93.2 Å². The summed E-state index contributed by atoms with van der Waals surface area (Å²) in [6, 6.07) is 24.3. The molecule has 1 saturated heterocycles. The van der Waals surface area contributed by atoms with Crippen molar-refractivity contribution >= 4 is 62.1 Å². The molecule has 0 saturated carbocycles. The molecular formula is C24H18BrN3O3S. The highest BCUT2D eigenvalue weighted by molar-refractivity contribution is 9.10. The third-order valence-corrected chi connectivity index (χ3v) is 6.01. The maximum Gasteiger partial charge on any atom is 0.271 e. The Morgan fingerprint density at radius 2 is 1.75 bits per heavy atom. The lowest BCUT2D eigenvalue weighted by molar-refractivity contribution is -0.120. The summed E-state index contributed by atoms with van der Waals surface area (Å²) in [5.74, 6) is -0.211. The minimum absolute atomic E-state index is 0.152. The van der Waals surface area contributed by atoms with Crippen LogP contribution in [0.25, 0.3) is 6.08 Å². The van der Waals surface area contributed by atoms with Crippen LogP contribution in [0, 0.1) is 0 Å². The van der Waals surface area contributed by atoms with Gasteiger partial charge >= 0.3 is 0 Å². The Bertz CT molecular complexity index is 1210. The van der Waals surface area contributed by atoms with Crippen molar-refractivity contribution in [2.24, 2.45) is 10.7 Å². The molecule has 0 unspecified atom stereocenters. The summed E-state index contributed by atoms with van der Waals surface area (Å²) in [7, 11) is 0. The second-order valence-corrected chi connectivity index (χ2v) is 8.62. The predicted molar refractivity (Wildman–Crippen MR) is 132 cm³/mol. The van der Waals surface area contributed by atoms with Gasteiger partial charge in [-0.3, -0.25) is 14.5 Å².